The van der Waals surface area contributed by atoms with E-state index in [0.29, 0.717) is 0 Å². The van der Waals surface area contributed by atoms with E-state index in [9.17, 15) is 0 Å². The first-order chi connectivity index (χ1) is 8.70. The van der Waals surface area contributed by atoms with Crippen molar-refractivity contribution in [2.24, 2.45) is 0 Å². The Morgan fingerprint density at radius 3 is 2.72 bits per heavy atom. The first kappa shape index (κ1) is 11.3. The molecule has 0 aliphatic heterocycles. The molecule has 2 aromatic heterocycles. The summed E-state index contributed by atoms with van der Waals surface area (Å²) in [5, 5.41) is 0.768. The molecule has 0 saturated carbocycles. The molecule has 0 aliphatic carbocycles. The highest BCUT2D eigenvalue weighted by atomic mass is 35.5. The zero-order valence-corrected chi connectivity index (χ0v) is 10.9. The third kappa shape index (κ3) is 2.24. The molecule has 0 saturated heterocycles. The molecule has 90 valence electrons. The second kappa shape index (κ2) is 4.46. The van der Waals surface area contributed by atoms with Crippen LogP contribution in [0.25, 0.3) is 5.65 Å². The Bertz CT molecular complexity index is 683. The van der Waals surface area contributed by atoms with Gasteiger partial charge in [-0.25, -0.2) is 4.98 Å². The lowest BCUT2D eigenvalue weighted by Crippen LogP contribution is -1.87. The number of rotatable bonds is 2. The number of nitrogens with zero attached hydrogens (tertiary/aromatic N) is 2. The largest absolute Gasteiger partial charge is 0.307 e. The van der Waals surface area contributed by atoms with Gasteiger partial charge in [0.05, 0.1) is 5.69 Å². The standard InChI is InChI=1S/C15H13ClN2/c1-11-6-7-18-10-14(17-15(18)8-11)9-12-2-4-13(16)5-3-12/h2-8,10H,9H2,1H3. The van der Waals surface area contributed by atoms with Crippen molar-refractivity contribution in [1.82, 2.24) is 9.38 Å². The summed E-state index contributed by atoms with van der Waals surface area (Å²) in [6, 6.07) is 12.1. The Kier molecular flexibility index (Phi) is 2.80. The number of hydrogen-bond donors (Lipinski definition) is 0. The van der Waals surface area contributed by atoms with Gasteiger partial charge in [0.2, 0.25) is 0 Å². The van der Waals surface area contributed by atoms with Crippen LogP contribution in [0.1, 0.15) is 16.8 Å². The van der Waals surface area contributed by atoms with Crippen molar-refractivity contribution in [3.8, 4) is 0 Å². The smallest absolute Gasteiger partial charge is 0.137 e. The number of fused-ring (bicyclic) bond motifs is 1. The molecule has 0 unspecified atom stereocenters. The minimum atomic E-state index is 0.768. The van der Waals surface area contributed by atoms with Gasteiger partial charge < -0.3 is 4.40 Å². The number of benzene rings is 1. The molecule has 2 nitrogen and oxygen atoms in total. The van der Waals surface area contributed by atoms with Crippen molar-refractivity contribution in [3.63, 3.8) is 0 Å². The minimum absolute atomic E-state index is 0.768. The van der Waals surface area contributed by atoms with Gasteiger partial charge in [-0.2, -0.15) is 0 Å². The number of aryl methyl sites for hydroxylation is 1. The van der Waals surface area contributed by atoms with Gasteiger partial charge >= 0.3 is 0 Å². The summed E-state index contributed by atoms with van der Waals surface area (Å²) in [4.78, 5) is 4.62. The molecule has 0 amide bonds. The fourth-order valence-corrected chi connectivity index (χ4v) is 2.16. The topological polar surface area (TPSA) is 17.3 Å². The Morgan fingerprint density at radius 2 is 1.94 bits per heavy atom. The molecule has 2 heterocycles. The Labute approximate surface area is 111 Å². The van der Waals surface area contributed by atoms with Crippen LogP contribution in [0.5, 0.6) is 0 Å². The van der Waals surface area contributed by atoms with Gasteiger partial charge in [-0.3, -0.25) is 0 Å². The van der Waals surface area contributed by atoms with E-state index in [1.54, 1.807) is 0 Å². The first-order valence-corrected chi connectivity index (χ1v) is 6.27. The normalized spacial score (nSPS) is 11.0. The van der Waals surface area contributed by atoms with Crippen molar-refractivity contribution in [2.45, 2.75) is 13.3 Å². The maximum absolute atomic E-state index is 5.88. The SMILES string of the molecule is Cc1ccn2cc(Cc3ccc(Cl)cc3)nc2c1. The van der Waals surface area contributed by atoms with Gasteiger partial charge in [-0.1, -0.05) is 23.7 Å². The molecule has 1 aromatic carbocycles. The van der Waals surface area contributed by atoms with Gasteiger partial charge in [0.15, 0.2) is 0 Å². The Morgan fingerprint density at radius 1 is 1.17 bits per heavy atom. The van der Waals surface area contributed by atoms with Crippen LogP contribution >= 0.6 is 11.6 Å². The highest BCUT2D eigenvalue weighted by Crippen LogP contribution is 2.14. The van der Waals surface area contributed by atoms with Crippen LogP contribution in [0.3, 0.4) is 0 Å². The van der Waals surface area contributed by atoms with E-state index >= 15 is 0 Å². The second-order valence-electron chi connectivity index (χ2n) is 4.51. The quantitative estimate of drug-likeness (QED) is 0.680. The lowest BCUT2D eigenvalue weighted by molar-refractivity contribution is 1.11. The molecule has 0 atom stereocenters. The van der Waals surface area contributed by atoms with Crippen LogP contribution < -0.4 is 0 Å². The molecule has 3 heteroatoms. The van der Waals surface area contributed by atoms with E-state index in [1.807, 2.05) is 30.5 Å². The average molecular weight is 257 g/mol. The fourth-order valence-electron chi connectivity index (χ4n) is 2.03. The summed E-state index contributed by atoms with van der Waals surface area (Å²) in [5.41, 5.74) is 4.52. The highest BCUT2D eigenvalue weighted by molar-refractivity contribution is 6.30. The molecule has 0 spiro atoms. The summed E-state index contributed by atoms with van der Waals surface area (Å²) >= 11 is 5.88. The molecule has 0 radical (unpaired) electrons. The monoisotopic (exact) mass is 256 g/mol. The summed E-state index contributed by atoms with van der Waals surface area (Å²) < 4.78 is 2.05. The van der Waals surface area contributed by atoms with Crippen molar-refractivity contribution in [3.05, 3.63) is 70.6 Å². The van der Waals surface area contributed by atoms with Crippen LogP contribution in [0.4, 0.5) is 0 Å². The third-order valence-corrected chi connectivity index (χ3v) is 3.22. The molecule has 3 rings (SSSR count). The van der Waals surface area contributed by atoms with Gasteiger partial charge in [0.25, 0.3) is 0 Å². The van der Waals surface area contributed by atoms with Crippen molar-refractivity contribution in [2.75, 3.05) is 0 Å². The first-order valence-electron chi connectivity index (χ1n) is 5.89. The lowest BCUT2D eigenvalue weighted by Gasteiger charge is -1.97. The van der Waals surface area contributed by atoms with E-state index in [-0.39, 0.29) is 0 Å². The number of pyridine rings is 1. The predicted molar refractivity (Wildman–Crippen MR) is 74.2 cm³/mol. The third-order valence-electron chi connectivity index (χ3n) is 2.96. The van der Waals surface area contributed by atoms with Crippen LogP contribution in [0, 0.1) is 6.92 Å². The predicted octanol–water partition coefficient (Wildman–Crippen LogP) is 3.89. The average Bonchev–Trinajstić information content (AvgIpc) is 2.73. The Balaban J connectivity index is 1.92. The zero-order valence-electron chi connectivity index (χ0n) is 10.1. The van der Waals surface area contributed by atoms with E-state index in [0.717, 1.165) is 22.8 Å². The maximum Gasteiger partial charge on any atom is 0.137 e. The van der Waals surface area contributed by atoms with Gasteiger partial charge in [-0.05, 0) is 42.3 Å². The second-order valence-corrected chi connectivity index (χ2v) is 4.94. The maximum atomic E-state index is 5.88. The number of halogens is 1. The summed E-state index contributed by atoms with van der Waals surface area (Å²) in [7, 11) is 0. The zero-order chi connectivity index (χ0) is 12.5. The molecular formula is C15H13ClN2. The van der Waals surface area contributed by atoms with E-state index < -0.39 is 0 Å². The fraction of sp³-hybridized carbons (Fsp3) is 0.133. The lowest BCUT2D eigenvalue weighted by atomic mass is 10.1. The summed E-state index contributed by atoms with van der Waals surface area (Å²) in [5.74, 6) is 0. The van der Waals surface area contributed by atoms with Crippen molar-refractivity contribution >= 4 is 17.2 Å². The van der Waals surface area contributed by atoms with Crippen LogP contribution in [-0.2, 0) is 6.42 Å². The van der Waals surface area contributed by atoms with Crippen LogP contribution in [0.2, 0.25) is 5.02 Å². The molecular weight excluding hydrogens is 244 g/mol. The molecule has 0 N–H and O–H groups in total. The number of aromatic nitrogens is 2. The van der Waals surface area contributed by atoms with E-state index in [1.165, 1.54) is 11.1 Å². The van der Waals surface area contributed by atoms with Crippen molar-refractivity contribution < 1.29 is 0 Å². The van der Waals surface area contributed by atoms with E-state index in [2.05, 4.69) is 34.6 Å². The molecule has 3 aromatic rings. The number of imidazole rings is 1. The van der Waals surface area contributed by atoms with Gasteiger partial charge in [0.1, 0.15) is 5.65 Å². The number of hydrogen-bond acceptors (Lipinski definition) is 1. The van der Waals surface area contributed by atoms with E-state index in [4.69, 9.17) is 11.6 Å². The molecule has 0 bridgehead atoms. The van der Waals surface area contributed by atoms with Crippen LogP contribution in [0.15, 0.2) is 48.8 Å². The molecule has 18 heavy (non-hydrogen) atoms. The minimum Gasteiger partial charge on any atom is -0.307 e. The van der Waals surface area contributed by atoms with Gasteiger partial charge in [-0.15, -0.1) is 0 Å². The molecule has 0 fully saturated rings. The van der Waals surface area contributed by atoms with Gasteiger partial charge in [0, 0.05) is 23.8 Å². The summed E-state index contributed by atoms with van der Waals surface area (Å²) in [6.07, 6.45) is 4.95. The summed E-state index contributed by atoms with van der Waals surface area (Å²) in [6.45, 7) is 2.08. The van der Waals surface area contributed by atoms with Crippen LogP contribution in [-0.4, -0.2) is 9.38 Å². The van der Waals surface area contributed by atoms with Crippen molar-refractivity contribution in [1.29, 1.82) is 0 Å². The Hall–Kier alpha value is -1.80. The molecule has 0 aliphatic rings. The highest BCUT2D eigenvalue weighted by Gasteiger charge is 2.03.